The van der Waals surface area contributed by atoms with E-state index >= 15 is 0 Å². The van der Waals surface area contributed by atoms with Gasteiger partial charge in [-0.15, -0.1) is 0 Å². The minimum atomic E-state index is -0.283. The van der Waals surface area contributed by atoms with E-state index in [1.165, 1.54) is 6.07 Å². The van der Waals surface area contributed by atoms with Gasteiger partial charge in [-0.25, -0.2) is 4.39 Å². The molecule has 3 heteroatoms. The lowest BCUT2D eigenvalue weighted by molar-refractivity contribution is 0.621. The van der Waals surface area contributed by atoms with Crippen LogP contribution >= 0.6 is 27.5 Å². The van der Waals surface area contributed by atoms with Crippen molar-refractivity contribution in [2.75, 3.05) is 0 Å². The lowest BCUT2D eigenvalue weighted by Gasteiger charge is -2.04. The van der Waals surface area contributed by atoms with Crippen molar-refractivity contribution in [2.45, 2.75) is 0 Å². The van der Waals surface area contributed by atoms with Crippen molar-refractivity contribution in [1.82, 2.24) is 0 Å². The van der Waals surface area contributed by atoms with Crippen LogP contribution in [0, 0.1) is 11.9 Å². The van der Waals surface area contributed by atoms with Crippen molar-refractivity contribution < 1.29 is 4.39 Å². The van der Waals surface area contributed by atoms with Gasteiger partial charge in [0.15, 0.2) is 0 Å². The Morgan fingerprint density at radius 1 is 1.27 bits per heavy atom. The molecular weight excluding hydrogens is 278 g/mol. The Morgan fingerprint density at radius 2 is 2.07 bits per heavy atom. The van der Waals surface area contributed by atoms with Gasteiger partial charge < -0.3 is 0 Å². The number of rotatable bonds is 1. The van der Waals surface area contributed by atoms with E-state index in [2.05, 4.69) is 22.0 Å². The maximum absolute atomic E-state index is 13.0. The summed E-state index contributed by atoms with van der Waals surface area (Å²) in [5, 5.41) is 0.632. The van der Waals surface area contributed by atoms with Crippen LogP contribution in [-0.4, -0.2) is 0 Å². The van der Waals surface area contributed by atoms with Crippen LogP contribution in [0.3, 0.4) is 0 Å². The lowest BCUT2D eigenvalue weighted by atomic mass is 10.1. The molecule has 0 heterocycles. The number of benzene rings is 2. The first kappa shape index (κ1) is 10.7. The zero-order chi connectivity index (χ0) is 10.8. The first-order valence-corrected chi connectivity index (χ1v) is 5.46. The van der Waals surface area contributed by atoms with Gasteiger partial charge in [0, 0.05) is 10.6 Å². The Bertz CT molecular complexity index is 497. The standard InChI is InChI=1S/C12H6BrClF/c13-10-7-8(5-6-12(10)15)9-3-1-2-4-11(9)14/h2-7H. The highest BCUT2D eigenvalue weighted by Gasteiger charge is 2.05. The molecule has 0 aliphatic carbocycles. The third-order valence-electron chi connectivity index (χ3n) is 2.04. The molecule has 75 valence electrons. The second-order valence-corrected chi connectivity index (χ2v) is 4.30. The normalized spacial score (nSPS) is 10.3. The van der Waals surface area contributed by atoms with Crippen LogP contribution in [0.25, 0.3) is 11.1 Å². The summed E-state index contributed by atoms with van der Waals surface area (Å²) in [5.41, 5.74) is 1.71. The molecule has 0 bridgehead atoms. The van der Waals surface area contributed by atoms with E-state index < -0.39 is 0 Å². The van der Waals surface area contributed by atoms with Gasteiger partial charge in [0.2, 0.25) is 0 Å². The van der Waals surface area contributed by atoms with E-state index in [0.717, 1.165) is 11.1 Å². The number of hydrogen-bond acceptors (Lipinski definition) is 0. The molecule has 0 unspecified atom stereocenters. The summed E-state index contributed by atoms with van der Waals surface area (Å²) in [7, 11) is 0. The molecule has 0 N–H and O–H groups in total. The molecule has 2 aromatic carbocycles. The van der Waals surface area contributed by atoms with Crippen molar-refractivity contribution in [3.63, 3.8) is 0 Å². The zero-order valence-electron chi connectivity index (χ0n) is 7.60. The van der Waals surface area contributed by atoms with Crippen LogP contribution in [0.15, 0.2) is 40.9 Å². The Hall–Kier alpha value is -0.860. The Balaban J connectivity index is 2.55. The molecule has 0 saturated carbocycles. The molecule has 0 saturated heterocycles. The van der Waals surface area contributed by atoms with Gasteiger partial charge in [0.05, 0.1) is 4.47 Å². The Morgan fingerprint density at radius 3 is 2.73 bits per heavy atom. The molecule has 2 rings (SSSR count). The minimum absolute atomic E-state index is 0.283. The molecule has 0 spiro atoms. The highest BCUT2D eigenvalue weighted by molar-refractivity contribution is 9.10. The molecule has 0 nitrogen and oxygen atoms in total. The van der Waals surface area contributed by atoms with Gasteiger partial charge in [0.25, 0.3) is 0 Å². The quantitative estimate of drug-likeness (QED) is 0.711. The van der Waals surface area contributed by atoms with Crippen molar-refractivity contribution in [2.24, 2.45) is 0 Å². The van der Waals surface area contributed by atoms with Gasteiger partial charge in [-0.2, -0.15) is 0 Å². The summed E-state index contributed by atoms with van der Waals surface area (Å²) in [6.07, 6.45) is 0. The van der Waals surface area contributed by atoms with E-state index in [9.17, 15) is 4.39 Å². The monoisotopic (exact) mass is 283 g/mol. The molecule has 0 fully saturated rings. The molecule has 0 atom stereocenters. The SMILES string of the molecule is Fc1ccc(-c2c[c]ccc2Cl)cc1Br. The molecule has 2 aromatic rings. The first-order valence-electron chi connectivity index (χ1n) is 4.29. The fraction of sp³-hybridized carbons (Fsp3) is 0. The second-order valence-electron chi connectivity index (χ2n) is 3.03. The Kier molecular flexibility index (Phi) is 3.08. The fourth-order valence-corrected chi connectivity index (χ4v) is 1.90. The predicted molar refractivity (Wildman–Crippen MR) is 63.4 cm³/mol. The molecule has 0 aromatic heterocycles. The topological polar surface area (TPSA) is 0 Å². The van der Waals surface area contributed by atoms with E-state index in [1.807, 2.05) is 0 Å². The van der Waals surface area contributed by atoms with Gasteiger partial charge in [-0.05, 0) is 51.8 Å². The maximum Gasteiger partial charge on any atom is 0.137 e. The molecular formula is C12H6BrClF. The average Bonchev–Trinajstić information content (AvgIpc) is 2.23. The van der Waals surface area contributed by atoms with E-state index in [-0.39, 0.29) is 5.82 Å². The first-order chi connectivity index (χ1) is 7.18. The molecule has 15 heavy (non-hydrogen) atoms. The zero-order valence-corrected chi connectivity index (χ0v) is 9.94. The van der Waals surface area contributed by atoms with Crippen LogP contribution in [-0.2, 0) is 0 Å². The van der Waals surface area contributed by atoms with Crippen LogP contribution < -0.4 is 0 Å². The Labute approximate surface area is 101 Å². The third-order valence-corrected chi connectivity index (χ3v) is 2.98. The molecule has 0 aliphatic rings. The van der Waals surface area contributed by atoms with Crippen LogP contribution in [0.4, 0.5) is 4.39 Å². The average molecular weight is 285 g/mol. The van der Waals surface area contributed by atoms with Crippen LogP contribution in [0.2, 0.25) is 5.02 Å². The second kappa shape index (κ2) is 4.33. The summed E-state index contributed by atoms with van der Waals surface area (Å²) in [5.74, 6) is -0.283. The lowest BCUT2D eigenvalue weighted by Crippen LogP contribution is -1.82. The third kappa shape index (κ3) is 2.21. The van der Waals surface area contributed by atoms with Gasteiger partial charge in [0.1, 0.15) is 5.82 Å². The molecule has 0 amide bonds. The van der Waals surface area contributed by atoms with E-state index in [4.69, 9.17) is 11.6 Å². The van der Waals surface area contributed by atoms with Crippen LogP contribution in [0.5, 0.6) is 0 Å². The van der Waals surface area contributed by atoms with E-state index in [1.54, 1.807) is 30.3 Å². The highest BCUT2D eigenvalue weighted by atomic mass is 79.9. The van der Waals surface area contributed by atoms with Crippen molar-refractivity contribution in [3.8, 4) is 11.1 Å². The highest BCUT2D eigenvalue weighted by Crippen LogP contribution is 2.30. The summed E-state index contributed by atoms with van der Waals surface area (Å²) >= 11 is 9.16. The van der Waals surface area contributed by atoms with Gasteiger partial charge in [-0.3, -0.25) is 0 Å². The largest absolute Gasteiger partial charge is 0.206 e. The van der Waals surface area contributed by atoms with Crippen molar-refractivity contribution in [1.29, 1.82) is 0 Å². The summed E-state index contributed by atoms with van der Waals surface area (Å²) in [4.78, 5) is 0. The maximum atomic E-state index is 13.0. The van der Waals surface area contributed by atoms with E-state index in [0.29, 0.717) is 9.50 Å². The summed E-state index contributed by atoms with van der Waals surface area (Å²) in [6.45, 7) is 0. The molecule has 1 radical (unpaired) electrons. The fourth-order valence-electron chi connectivity index (χ4n) is 1.30. The number of halogens is 3. The van der Waals surface area contributed by atoms with Crippen molar-refractivity contribution >= 4 is 27.5 Å². The van der Waals surface area contributed by atoms with Crippen molar-refractivity contribution in [3.05, 3.63) is 57.8 Å². The van der Waals surface area contributed by atoms with Gasteiger partial charge >= 0.3 is 0 Å². The van der Waals surface area contributed by atoms with Gasteiger partial charge in [-0.1, -0.05) is 23.7 Å². The summed E-state index contributed by atoms with van der Waals surface area (Å²) < 4.78 is 13.5. The number of hydrogen-bond donors (Lipinski definition) is 0. The predicted octanol–water partition coefficient (Wildman–Crippen LogP) is 4.71. The molecule has 0 aliphatic heterocycles. The smallest absolute Gasteiger partial charge is 0.137 e. The van der Waals surface area contributed by atoms with Crippen LogP contribution in [0.1, 0.15) is 0 Å². The minimum Gasteiger partial charge on any atom is -0.206 e. The summed E-state index contributed by atoms with van der Waals surface area (Å²) in [6, 6.07) is 13.0.